The second-order valence-corrected chi connectivity index (χ2v) is 8.57. The number of rotatable bonds is 8. The van der Waals surface area contributed by atoms with E-state index in [9.17, 15) is 18.0 Å². The van der Waals surface area contributed by atoms with Crippen LogP contribution >= 0.6 is 0 Å². The summed E-state index contributed by atoms with van der Waals surface area (Å²) in [5.74, 6) is 0.562. The number of nitrogens with zero attached hydrogens (tertiary/aromatic N) is 4. The Morgan fingerprint density at radius 3 is 2.65 bits per heavy atom. The summed E-state index contributed by atoms with van der Waals surface area (Å²) in [6.45, 7) is 0.671. The number of hydrogen-bond donors (Lipinski definition) is 2. The average molecular weight is 512 g/mol. The molecule has 1 amide bonds. The summed E-state index contributed by atoms with van der Waals surface area (Å²) in [5.41, 5.74) is 6.59. The minimum absolute atomic E-state index is 0.0515. The van der Waals surface area contributed by atoms with Crippen LogP contribution in [-0.4, -0.2) is 45.8 Å². The number of pyridine rings is 1. The molecule has 0 spiro atoms. The molecule has 3 aromatic heterocycles. The average Bonchev–Trinajstić information content (AvgIpc) is 3.65. The van der Waals surface area contributed by atoms with Crippen molar-refractivity contribution < 1.29 is 27.4 Å². The number of halogens is 3. The Labute approximate surface area is 209 Å². The number of nitrogens with one attached hydrogen (secondary N) is 1. The van der Waals surface area contributed by atoms with Gasteiger partial charge in [0.1, 0.15) is 12.4 Å². The largest absolute Gasteiger partial charge is 0.493 e. The zero-order valence-electron chi connectivity index (χ0n) is 19.7. The van der Waals surface area contributed by atoms with Crippen molar-refractivity contribution in [1.82, 2.24) is 24.9 Å². The molecular formula is C25H23F3N6O3. The van der Waals surface area contributed by atoms with Crippen molar-refractivity contribution in [3.05, 3.63) is 54.4 Å². The summed E-state index contributed by atoms with van der Waals surface area (Å²) in [7, 11) is 1.51. The molecule has 1 fully saturated rings. The van der Waals surface area contributed by atoms with Crippen LogP contribution in [-0.2, 0) is 11.0 Å². The molecule has 0 bridgehead atoms. The molecule has 9 nitrogen and oxygen atoms in total. The molecule has 0 aliphatic heterocycles. The molecule has 37 heavy (non-hydrogen) atoms. The van der Waals surface area contributed by atoms with Crippen LogP contribution in [0.1, 0.15) is 18.4 Å². The summed E-state index contributed by atoms with van der Waals surface area (Å²) < 4.78 is 52.7. The first-order valence-electron chi connectivity index (χ1n) is 11.5. The number of ether oxygens (including phenoxy) is 2. The Hall–Kier alpha value is -4.35. The first-order chi connectivity index (χ1) is 17.7. The van der Waals surface area contributed by atoms with Crippen LogP contribution in [0.4, 0.5) is 19.0 Å². The van der Waals surface area contributed by atoms with Gasteiger partial charge in [0, 0.05) is 23.2 Å². The Bertz CT molecular complexity index is 1470. The van der Waals surface area contributed by atoms with Crippen LogP contribution in [0.15, 0.2) is 48.8 Å². The summed E-state index contributed by atoms with van der Waals surface area (Å²) in [5, 5.41) is 7.43. The van der Waals surface area contributed by atoms with Crippen molar-refractivity contribution in [1.29, 1.82) is 0 Å². The summed E-state index contributed by atoms with van der Waals surface area (Å²) in [4.78, 5) is 19.7. The van der Waals surface area contributed by atoms with E-state index in [2.05, 4.69) is 20.4 Å². The van der Waals surface area contributed by atoms with Crippen LogP contribution in [0.3, 0.4) is 0 Å². The van der Waals surface area contributed by atoms with Crippen molar-refractivity contribution in [2.75, 3.05) is 26.0 Å². The minimum atomic E-state index is -4.64. The molecule has 192 valence electrons. The number of benzene rings is 1. The number of methoxy groups -OCH3 is 1. The van der Waals surface area contributed by atoms with Crippen LogP contribution < -0.4 is 20.5 Å². The molecule has 0 unspecified atom stereocenters. The molecule has 1 aliphatic rings. The highest BCUT2D eigenvalue weighted by molar-refractivity contribution is 5.80. The minimum Gasteiger partial charge on any atom is -0.493 e. The molecule has 0 atom stereocenters. The maximum atomic E-state index is 13.3. The fraction of sp³-hybridized carbons (Fsp3) is 0.280. The summed E-state index contributed by atoms with van der Waals surface area (Å²) in [6, 6.07) is 9.66. The third-order valence-corrected chi connectivity index (χ3v) is 5.95. The topological polar surface area (TPSA) is 117 Å². The normalized spacial score (nSPS) is 13.5. The molecule has 1 aliphatic carbocycles. The Morgan fingerprint density at radius 2 is 1.92 bits per heavy atom. The predicted octanol–water partition coefficient (Wildman–Crippen LogP) is 3.97. The number of anilines is 1. The monoisotopic (exact) mass is 512 g/mol. The summed E-state index contributed by atoms with van der Waals surface area (Å²) >= 11 is 0. The number of carbonyl (C=O) groups excluding carboxylic acids is 1. The molecule has 12 heteroatoms. The SMILES string of the molecule is COc1cc(-c2ccc3ncc(-c4cnc(N)c(C(F)(F)F)c4)n3n2)ccc1OCCNC(=O)C1CC1. The smallest absolute Gasteiger partial charge is 0.419 e. The second-order valence-electron chi connectivity index (χ2n) is 8.57. The number of nitrogens with two attached hydrogens (primary N) is 1. The van der Waals surface area contributed by atoms with Crippen molar-refractivity contribution in [2.24, 2.45) is 5.92 Å². The lowest BCUT2D eigenvalue weighted by molar-refractivity contribution is -0.137. The maximum Gasteiger partial charge on any atom is 0.419 e. The number of imidazole rings is 1. The van der Waals surface area contributed by atoms with E-state index >= 15 is 0 Å². The Balaban J connectivity index is 1.39. The van der Waals surface area contributed by atoms with Gasteiger partial charge < -0.3 is 20.5 Å². The highest BCUT2D eigenvalue weighted by Gasteiger charge is 2.34. The van der Waals surface area contributed by atoms with Crippen molar-refractivity contribution >= 4 is 17.4 Å². The van der Waals surface area contributed by atoms with Crippen molar-refractivity contribution in [2.45, 2.75) is 19.0 Å². The molecule has 1 saturated carbocycles. The van der Waals surface area contributed by atoms with Gasteiger partial charge in [0.05, 0.1) is 36.8 Å². The number of aromatic nitrogens is 4. The highest BCUT2D eigenvalue weighted by Crippen LogP contribution is 2.36. The van der Waals surface area contributed by atoms with E-state index in [0.717, 1.165) is 18.9 Å². The first kappa shape index (κ1) is 24.3. The van der Waals surface area contributed by atoms with E-state index in [4.69, 9.17) is 15.2 Å². The third-order valence-electron chi connectivity index (χ3n) is 5.95. The third kappa shape index (κ3) is 5.13. The Morgan fingerprint density at radius 1 is 1.11 bits per heavy atom. The van der Waals surface area contributed by atoms with Crippen molar-refractivity contribution in [3.63, 3.8) is 0 Å². The number of carbonyl (C=O) groups is 1. The Kier molecular flexibility index (Phi) is 6.32. The molecule has 0 radical (unpaired) electrons. The summed E-state index contributed by atoms with van der Waals surface area (Å²) in [6.07, 6.45) is -0.0827. The van der Waals surface area contributed by atoms with E-state index in [1.807, 2.05) is 0 Å². The molecule has 1 aromatic carbocycles. The number of alkyl halides is 3. The van der Waals surface area contributed by atoms with E-state index in [0.29, 0.717) is 40.6 Å². The first-order valence-corrected chi connectivity index (χ1v) is 11.5. The lowest BCUT2D eigenvalue weighted by atomic mass is 10.1. The number of fused-ring (bicyclic) bond motifs is 1. The highest BCUT2D eigenvalue weighted by atomic mass is 19.4. The van der Waals surface area contributed by atoms with Gasteiger partial charge in [0.2, 0.25) is 5.91 Å². The van der Waals surface area contributed by atoms with Crippen LogP contribution in [0.2, 0.25) is 0 Å². The lowest BCUT2D eigenvalue weighted by Crippen LogP contribution is -2.29. The van der Waals surface area contributed by atoms with Gasteiger partial charge >= 0.3 is 6.18 Å². The van der Waals surface area contributed by atoms with Crippen LogP contribution in [0, 0.1) is 5.92 Å². The van der Waals surface area contributed by atoms with Crippen LogP contribution in [0.5, 0.6) is 11.5 Å². The quantitative estimate of drug-likeness (QED) is 0.343. The predicted molar refractivity (Wildman–Crippen MR) is 129 cm³/mol. The van der Waals surface area contributed by atoms with Gasteiger partial charge in [-0.25, -0.2) is 14.5 Å². The number of nitrogen functional groups attached to an aromatic ring is 1. The lowest BCUT2D eigenvalue weighted by Gasteiger charge is -2.13. The van der Waals surface area contributed by atoms with Gasteiger partial charge in [-0.2, -0.15) is 18.3 Å². The maximum absolute atomic E-state index is 13.3. The molecule has 0 saturated heterocycles. The fourth-order valence-electron chi connectivity index (χ4n) is 3.84. The number of amides is 1. The zero-order chi connectivity index (χ0) is 26.2. The van der Waals surface area contributed by atoms with Gasteiger partial charge in [-0.15, -0.1) is 0 Å². The fourth-order valence-corrected chi connectivity index (χ4v) is 3.84. The van der Waals surface area contributed by atoms with E-state index < -0.39 is 17.6 Å². The van der Waals surface area contributed by atoms with E-state index in [1.165, 1.54) is 24.0 Å². The van der Waals surface area contributed by atoms with Gasteiger partial charge in [-0.1, -0.05) is 0 Å². The van der Waals surface area contributed by atoms with Crippen molar-refractivity contribution in [3.8, 4) is 34.0 Å². The molecular weight excluding hydrogens is 489 g/mol. The van der Waals surface area contributed by atoms with Gasteiger partial charge in [0.15, 0.2) is 17.1 Å². The van der Waals surface area contributed by atoms with Gasteiger partial charge in [-0.05, 0) is 49.2 Å². The molecule has 4 aromatic rings. The zero-order valence-corrected chi connectivity index (χ0v) is 19.7. The van der Waals surface area contributed by atoms with Gasteiger partial charge in [0.25, 0.3) is 0 Å². The second kappa shape index (κ2) is 9.60. The van der Waals surface area contributed by atoms with E-state index in [1.54, 1.807) is 30.3 Å². The standard InChI is InChI=1S/C25H23F3N6O3/c1-36-21-11-15(4-6-20(21)37-9-8-30-24(35)14-2-3-14)18-5-7-22-31-13-19(34(22)33-18)16-10-17(25(26,27)28)23(29)32-12-16/h4-7,10-14H,2-3,8-9H2,1H3,(H2,29,32)(H,30,35). The number of hydrogen-bond acceptors (Lipinski definition) is 7. The molecule has 5 rings (SSSR count). The molecule has 3 heterocycles. The van der Waals surface area contributed by atoms with E-state index in [-0.39, 0.29) is 24.0 Å². The van der Waals surface area contributed by atoms with Gasteiger partial charge in [-0.3, -0.25) is 4.79 Å². The molecule has 3 N–H and O–H groups in total. The van der Waals surface area contributed by atoms with Crippen LogP contribution in [0.25, 0.3) is 28.2 Å².